The van der Waals surface area contributed by atoms with Crippen molar-refractivity contribution in [3.8, 4) is 0 Å². The molecular formula is C17H23N3. The van der Waals surface area contributed by atoms with Crippen LogP contribution in [-0.4, -0.2) is 30.7 Å². The van der Waals surface area contributed by atoms with Gasteiger partial charge in [0.1, 0.15) is 0 Å². The largest absolute Gasteiger partial charge is 0.371 e. The van der Waals surface area contributed by atoms with Gasteiger partial charge in [-0.2, -0.15) is 0 Å². The first-order valence-electron chi connectivity index (χ1n) is 7.55. The van der Waals surface area contributed by atoms with Gasteiger partial charge in [0.2, 0.25) is 0 Å². The Hall–Kier alpha value is -1.61. The van der Waals surface area contributed by atoms with Crippen molar-refractivity contribution in [2.24, 2.45) is 5.92 Å². The predicted octanol–water partition coefficient (Wildman–Crippen LogP) is 3.06. The summed E-state index contributed by atoms with van der Waals surface area (Å²) < 4.78 is 0. The first-order valence-corrected chi connectivity index (χ1v) is 7.55. The zero-order valence-corrected chi connectivity index (χ0v) is 12.3. The van der Waals surface area contributed by atoms with Crippen molar-refractivity contribution < 1.29 is 0 Å². The van der Waals surface area contributed by atoms with Gasteiger partial charge in [-0.25, -0.2) is 0 Å². The molecule has 0 saturated carbocycles. The van der Waals surface area contributed by atoms with Crippen LogP contribution < -0.4 is 10.2 Å². The zero-order valence-electron chi connectivity index (χ0n) is 12.3. The third-order valence-electron chi connectivity index (χ3n) is 4.05. The number of hydrogen-bond acceptors (Lipinski definition) is 3. The molecule has 1 fully saturated rings. The fourth-order valence-corrected chi connectivity index (χ4v) is 2.90. The Bertz CT molecular complexity index is 579. The van der Waals surface area contributed by atoms with Gasteiger partial charge in [0.05, 0.1) is 5.52 Å². The molecule has 2 aromatic rings. The highest BCUT2D eigenvalue weighted by Crippen LogP contribution is 2.26. The van der Waals surface area contributed by atoms with Gasteiger partial charge in [0.25, 0.3) is 0 Å². The van der Waals surface area contributed by atoms with Gasteiger partial charge in [0.15, 0.2) is 0 Å². The molecule has 1 saturated heterocycles. The third-order valence-corrected chi connectivity index (χ3v) is 4.05. The fraction of sp³-hybridized carbons (Fsp3) is 0.471. The number of benzene rings is 1. The van der Waals surface area contributed by atoms with E-state index in [4.69, 9.17) is 0 Å². The second-order valence-corrected chi connectivity index (χ2v) is 6.04. The van der Waals surface area contributed by atoms with Crippen LogP contribution in [0.5, 0.6) is 0 Å². The lowest BCUT2D eigenvalue weighted by atomic mass is 10.1. The summed E-state index contributed by atoms with van der Waals surface area (Å²) in [6, 6.07) is 11.3. The Morgan fingerprint density at radius 1 is 1.35 bits per heavy atom. The summed E-state index contributed by atoms with van der Waals surface area (Å²) in [5.41, 5.74) is 2.41. The van der Waals surface area contributed by atoms with E-state index in [0.717, 1.165) is 31.1 Å². The van der Waals surface area contributed by atoms with Crippen molar-refractivity contribution in [3.63, 3.8) is 0 Å². The summed E-state index contributed by atoms with van der Waals surface area (Å²) in [5, 5.41) is 4.78. The van der Waals surface area contributed by atoms with Crippen LogP contribution in [0.3, 0.4) is 0 Å². The maximum absolute atomic E-state index is 4.38. The second kappa shape index (κ2) is 5.80. The highest BCUT2D eigenvalue weighted by Gasteiger charge is 2.22. The molecule has 1 N–H and O–H groups in total. The predicted molar refractivity (Wildman–Crippen MR) is 85.2 cm³/mol. The van der Waals surface area contributed by atoms with Gasteiger partial charge in [-0.15, -0.1) is 0 Å². The van der Waals surface area contributed by atoms with Gasteiger partial charge < -0.3 is 10.2 Å². The van der Waals surface area contributed by atoms with Crippen molar-refractivity contribution in [2.75, 3.05) is 24.5 Å². The van der Waals surface area contributed by atoms with E-state index in [-0.39, 0.29) is 0 Å². The number of fused-ring (bicyclic) bond motifs is 1. The minimum absolute atomic E-state index is 0.579. The molecule has 2 heterocycles. The molecular weight excluding hydrogens is 246 g/mol. The van der Waals surface area contributed by atoms with Crippen LogP contribution in [0.4, 0.5) is 5.69 Å². The van der Waals surface area contributed by atoms with Gasteiger partial charge in [-0.1, -0.05) is 19.9 Å². The van der Waals surface area contributed by atoms with E-state index in [9.17, 15) is 0 Å². The molecule has 1 aliphatic rings. The van der Waals surface area contributed by atoms with Crippen molar-refractivity contribution >= 4 is 16.6 Å². The number of aromatic nitrogens is 1. The minimum atomic E-state index is 0.579. The molecule has 3 rings (SSSR count). The third kappa shape index (κ3) is 2.93. The average molecular weight is 269 g/mol. The van der Waals surface area contributed by atoms with Crippen molar-refractivity contribution in [3.05, 3.63) is 36.5 Å². The van der Waals surface area contributed by atoms with Crippen LogP contribution in [0, 0.1) is 5.92 Å². The molecule has 0 aliphatic carbocycles. The molecule has 1 aromatic carbocycles. The second-order valence-electron chi connectivity index (χ2n) is 6.04. The highest BCUT2D eigenvalue weighted by atomic mass is 15.2. The molecule has 20 heavy (non-hydrogen) atoms. The van der Waals surface area contributed by atoms with E-state index >= 15 is 0 Å². The van der Waals surface area contributed by atoms with E-state index in [1.807, 2.05) is 12.3 Å². The molecule has 0 radical (unpaired) electrons. The Balaban J connectivity index is 1.69. The lowest BCUT2D eigenvalue weighted by Crippen LogP contribution is -2.30. The van der Waals surface area contributed by atoms with Gasteiger partial charge in [-0.3, -0.25) is 4.98 Å². The normalized spacial score (nSPS) is 19.1. The molecule has 1 aliphatic heterocycles. The molecule has 0 amide bonds. The molecule has 0 spiro atoms. The van der Waals surface area contributed by atoms with Crippen LogP contribution in [0.2, 0.25) is 0 Å². The maximum atomic E-state index is 4.38. The number of anilines is 1. The van der Waals surface area contributed by atoms with E-state index in [1.165, 1.54) is 17.5 Å². The Morgan fingerprint density at radius 2 is 2.25 bits per heavy atom. The highest BCUT2D eigenvalue weighted by molar-refractivity contribution is 5.82. The minimum Gasteiger partial charge on any atom is -0.371 e. The van der Waals surface area contributed by atoms with Crippen LogP contribution >= 0.6 is 0 Å². The summed E-state index contributed by atoms with van der Waals surface area (Å²) in [6.45, 7) is 7.87. The summed E-state index contributed by atoms with van der Waals surface area (Å²) >= 11 is 0. The Morgan fingerprint density at radius 3 is 3.10 bits per heavy atom. The van der Waals surface area contributed by atoms with E-state index in [2.05, 4.69) is 53.3 Å². The van der Waals surface area contributed by atoms with Crippen LogP contribution in [0.25, 0.3) is 10.9 Å². The average Bonchev–Trinajstić information content (AvgIpc) is 2.93. The van der Waals surface area contributed by atoms with E-state index in [0.29, 0.717) is 6.04 Å². The Labute approximate surface area is 121 Å². The van der Waals surface area contributed by atoms with E-state index in [1.54, 1.807) is 0 Å². The van der Waals surface area contributed by atoms with Gasteiger partial charge >= 0.3 is 0 Å². The molecule has 0 bridgehead atoms. The number of nitrogens with one attached hydrogen (secondary N) is 1. The Kier molecular flexibility index (Phi) is 3.88. The zero-order chi connectivity index (χ0) is 13.9. The summed E-state index contributed by atoms with van der Waals surface area (Å²) in [7, 11) is 0. The first-order chi connectivity index (χ1) is 9.72. The molecule has 1 aromatic heterocycles. The molecule has 1 atom stereocenters. The number of pyridine rings is 1. The lowest BCUT2D eigenvalue weighted by Gasteiger charge is -2.20. The monoisotopic (exact) mass is 269 g/mol. The van der Waals surface area contributed by atoms with Crippen molar-refractivity contribution in [1.29, 1.82) is 0 Å². The number of hydrogen-bond donors (Lipinski definition) is 1. The molecule has 3 heteroatoms. The molecule has 1 unspecified atom stereocenters. The SMILES string of the molecule is CC(C)NCC1CCN(c2ccc3ncccc3c2)C1. The first kappa shape index (κ1) is 13.4. The molecule has 106 valence electrons. The van der Waals surface area contributed by atoms with Crippen molar-refractivity contribution in [1.82, 2.24) is 10.3 Å². The maximum Gasteiger partial charge on any atom is 0.0703 e. The fourth-order valence-electron chi connectivity index (χ4n) is 2.90. The smallest absolute Gasteiger partial charge is 0.0703 e. The number of rotatable bonds is 4. The standard InChI is InChI=1S/C17H23N3/c1-13(2)19-11-14-7-9-20(12-14)16-5-6-17-15(10-16)4-3-8-18-17/h3-6,8,10,13-14,19H,7,9,11-12H2,1-2H3. The van der Waals surface area contributed by atoms with Gasteiger partial charge in [-0.05, 0) is 43.1 Å². The quantitative estimate of drug-likeness (QED) is 0.924. The van der Waals surface area contributed by atoms with Crippen LogP contribution in [-0.2, 0) is 0 Å². The van der Waals surface area contributed by atoms with Gasteiger partial charge in [0, 0.05) is 36.4 Å². The summed E-state index contributed by atoms with van der Waals surface area (Å²) in [6.07, 6.45) is 3.14. The summed E-state index contributed by atoms with van der Waals surface area (Å²) in [5.74, 6) is 0.766. The van der Waals surface area contributed by atoms with E-state index < -0.39 is 0 Å². The summed E-state index contributed by atoms with van der Waals surface area (Å²) in [4.78, 5) is 6.88. The van der Waals surface area contributed by atoms with Crippen LogP contribution in [0.15, 0.2) is 36.5 Å². The number of nitrogens with zero attached hydrogens (tertiary/aromatic N) is 2. The molecule has 3 nitrogen and oxygen atoms in total. The van der Waals surface area contributed by atoms with Crippen molar-refractivity contribution in [2.45, 2.75) is 26.3 Å². The lowest BCUT2D eigenvalue weighted by molar-refractivity contribution is 0.480. The van der Waals surface area contributed by atoms with Crippen LogP contribution in [0.1, 0.15) is 20.3 Å². The topological polar surface area (TPSA) is 28.2 Å².